The first-order valence-corrected chi connectivity index (χ1v) is 9.67. The number of carbonyl (C=O) groups is 1. The maximum absolute atomic E-state index is 12.1. The van der Waals surface area contributed by atoms with Crippen LogP contribution in [0.25, 0.3) is 0 Å². The highest BCUT2D eigenvalue weighted by Gasteiger charge is 2.14. The third-order valence-electron chi connectivity index (χ3n) is 4.81. The lowest BCUT2D eigenvalue weighted by atomic mass is 10.2. The molecule has 0 atom stereocenters. The average molecular weight is 371 g/mol. The molecule has 1 aromatic carbocycles. The van der Waals surface area contributed by atoms with E-state index in [1.54, 1.807) is 0 Å². The van der Waals surface area contributed by atoms with Gasteiger partial charge >= 0.3 is 0 Å². The van der Waals surface area contributed by atoms with E-state index in [1.807, 2.05) is 26.0 Å². The van der Waals surface area contributed by atoms with Crippen LogP contribution < -0.4 is 10.2 Å². The molecule has 3 rings (SSSR count). The van der Waals surface area contributed by atoms with Gasteiger partial charge in [-0.25, -0.2) is 0 Å². The Morgan fingerprint density at radius 3 is 2.52 bits per heavy atom. The molecule has 7 nitrogen and oxygen atoms in total. The van der Waals surface area contributed by atoms with E-state index < -0.39 is 0 Å². The zero-order valence-electron chi connectivity index (χ0n) is 16.4. The lowest BCUT2D eigenvalue weighted by Gasteiger charge is -2.34. The molecule has 1 aromatic heterocycles. The fourth-order valence-corrected chi connectivity index (χ4v) is 3.05. The van der Waals surface area contributed by atoms with Crippen LogP contribution in [-0.4, -0.2) is 54.2 Å². The van der Waals surface area contributed by atoms with Gasteiger partial charge in [-0.1, -0.05) is 19.0 Å². The summed E-state index contributed by atoms with van der Waals surface area (Å²) in [7, 11) is 2.15. The lowest BCUT2D eigenvalue weighted by Crippen LogP contribution is -2.44. The Balaban J connectivity index is 1.42. The van der Waals surface area contributed by atoms with Crippen LogP contribution in [-0.2, 0) is 11.2 Å². The smallest absolute Gasteiger partial charge is 0.226 e. The number of likely N-dealkylation sites (N-methyl/N-ethyl adjacent to an activating group) is 1. The summed E-state index contributed by atoms with van der Waals surface area (Å²) < 4.78 is 5.20. The fraction of sp³-hybridized carbons (Fsp3) is 0.550. The predicted octanol–water partition coefficient (Wildman–Crippen LogP) is 2.91. The Kier molecular flexibility index (Phi) is 6.45. The third-order valence-corrected chi connectivity index (χ3v) is 4.81. The summed E-state index contributed by atoms with van der Waals surface area (Å²) in [5, 5.41) is 6.90. The maximum Gasteiger partial charge on any atom is 0.226 e. The van der Waals surface area contributed by atoms with Crippen LogP contribution in [0.3, 0.4) is 0 Å². The summed E-state index contributed by atoms with van der Waals surface area (Å²) in [5.74, 6) is 1.57. The highest BCUT2D eigenvalue weighted by Crippen LogP contribution is 2.19. The number of rotatable bonds is 7. The summed E-state index contributed by atoms with van der Waals surface area (Å²) in [4.78, 5) is 21.2. The minimum Gasteiger partial charge on any atom is -0.369 e. The standard InChI is InChI=1S/C20H29N5O2/c1-15(2)20-22-19(27-23-20)6-4-5-18(26)21-16-7-9-17(10-8-16)25-13-11-24(3)12-14-25/h7-10,15H,4-6,11-14H2,1-3H3,(H,21,26). The number of hydrogen-bond donors (Lipinski definition) is 1. The van der Waals surface area contributed by atoms with E-state index in [2.05, 4.69) is 44.4 Å². The number of nitrogens with zero attached hydrogens (tertiary/aromatic N) is 4. The molecule has 0 saturated carbocycles. The molecule has 2 heterocycles. The van der Waals surface area contributed by atoms with E-state index in [0.717, 1.165) is 37.7 Å². The minimum absolute atomic E-state index is 0.00551. The first-order valence-electron chi connectivity index (χ1n) is 9.67. The molecule has 0 spiro atoms. The van der Waals surface area contributed by atoms with Crippen LogP contribution in [0.2, 0.25) is 0 Å². The van der Waals surface area contributed by atoms with E-state index in [-0.39, 0.29) is 11.8 Å². The summed E-state index contributed by atoms with van der Waals surface area (Å²) in [5.41, 5.74) is 2.04. The second-order valence-corrected chi connectivity index (χ2v) is 7.44. The molecule has 2 aromatic rings. The van der Waals surface area contributed by atoms with Gasteiger partial charge in [0, 0.05) is 56.3 Å². The number of carbonyl (C=O) groups excluding carboxylic acids is 1. The zero-order valence-corrected chi connectivity index (χ0v) is 16.4. The highest BCUT2D eigenvalue weighted by molar-refractivity contribution is 5.90. The molecule has 0 radical (unpaired) electrons. The first-order chi connectivity index (χ1) is 13.0. The zero-order chi connectivity index (χ0) is 19.2. The SMILES string of the molecule is CC(C)c1noc(CCCC(=O)Nc2ccc(N3CCN(C)CC3)cc2)n1. The molecule has 1 aliphatic heterocycles. The van der Waals surface area contributed by atoms with Crippen molar-refractivity contribution in [1.82, 2.24) is 15.0 Å². The molecular formula is C20H29N5O2. The highest BCUT2D eigenvalue weighted by atomic mass is 16.5. The van der Waals surface area contributed by atoms with Crippen molar-refractivity contribution in [2.75, 3.05) is 43.4 Å². The summed E-state index contributed by atoms with van der Waals surface area (Å²) in [6.45, 7) is 8.29. The van der Waals surface area contributed by atoms with Crippen molar-refractivity contribution in [2.24, 2.45) is 0 Å². The summed E-state index contributed by atoms with van der Waals surface area (Å²) in [6, 6.07) is 8.09. The summed E-state index contributed by atoms with van der Waals surface area (Å²) in [6.07, 6.45) is 1.74. The lowest BCUT2D eigenvalue weighted by molar-refractivity contribution is -0.116. The van der Waals surface area contributed by atoms with Crippen molar-refractivity contribution >= 4 is 17.3 Å². The number of piperazine rings is 1. The maximum atomic E-state index is 12.1. The largest absolute Gasteiger partial charge is 0.369 e. The average Bonchev–Trinajstić information content (AvgIpc) is 3.12. The van der Waals surface area contributed by atoms with Gasteiger partial charge in [0.25, 0.3) is 0 Å². The number of anilines is 2. The number of nitrogens with one attached hydrogen (secondary N) is 1. The molecule has 1 fully saturated rings. The molecule has 1 saturated heterocycles. The van der Waals surface area contributed by atoms with Crippen molar-refractivity contribution in [1.29, 1.82) is 0 Å². The Bertz CT molecular complexity index is 733. The van der Waals surface area contributed by atoms with E-state index in [4.69, 9.17) is 4.52 Å². The first kappa shape index (κ1) is 19.4. The van der Waals surface area contributed by atoms with Crippen LogP contribution in [0.15, 0.2) is 28.8 Å². The van der Waals surface area contributed by atoms with Gasteiger partial charge in [-0.3, -0.25) is 4.79 Å². The number of aromatic nitrogens is 2. The molecule has 0 aliphatic carbocycles. The topological polar surface area (TPSA) is 74.5 Å². The fourth-order valence-electron chi connectivity index (χ4n) is 3.05. The van der Waals surface area contributed by atoms with Crippen molar-refractivity contribution < 1.29 is 9.32 Å². The van der Waals surface area contributed by atoms with E-state index >= 15 is 0 Å². The van der Waals surface area contributed by atoms with Crippen LogP contribution in [0.5, 0.6) is 0 Å². The molecule has 7 heteroatoms. The van der Waals surface area contributed by atoms with Crippen molar-refractivity contribution in [3.8, 4) is 0 Å². The van der Waals surface area contributed by atoms with E-state index in [9.17, 15) is 4.79 Å². The van der Waals surface area contributed by atoms with Crippen LogP contribution >= 0.6 is 0 Å². The Morgan fingerprint density at radius 2 is 1.89 bits per heavy atom. The minimum atomic E-state index is 0.00551. The molecule has 1 amide bonds. The van der Waals surface area contributed by atoms with Gasteiger partial charge in [-0.15, -0.1) is 0 Å². The van der Waals surface area contributed by atoms with E-state index in [1.165, 1.54) is 5.69 Å². The Labute approximate surface area is 160 Å². The second kappa shape index (κ2) is 8.99. The van der Waals surface area contributed by atoms with Gasteiger partial charge in [-0.05, 0) is 37.7 Å². The van der Waals surface area contributed by atoms with Gasteiger partial charge in [-0.2, -0.15) is 4.98 Å². The molecule has 1 N–H and O–H groups in total. The molecule has 0 bridgehead atoms. The van der Waals surface area contributed by atoms with Gasteiger partial charge < -0.3 is 19.6 Å². The van der Waals surface area contributed by atoms with Crippen molar-refractivity contribution in [3.05, 3.63) is 36.0 Å². The van der Waals surface area contributed by atoms with Gasteiger partial charge in [0.1, 0.15) is 0 Å². The van der Waals surface area contributed by atoms with Gasteiger partial charge in [0.05, 0.1) is 0 Å². The predicted molar refractivity (Wildman–Crippen MR) is 106 cm³/mol. The molecular weight excluding hydrogens is 342 g/mol. The van der Waals surface area contributed by atoms with Crippen molar-refractivity contribution in [3.63, 3.8) is 0 Å². The number of hydrogen-bond acceptors (Lipinski definition) is 6. The van der Waals surface area contributed by atoms with Crippen LogP contribution in [0.1, 0.15) is 44.3 Å². The molecule has 146 valence electrons. The second-order valence-electron chi connectivity index (χ2n) is 7.44. The molecule has 1 aliphatic rings. The van der Waals surface area contributed by atoms with E-state index in [0.29, 0.717) is 25.2 Å². The quantitative estimate of drug-likeness (QED) is 0.807. The van der Waals surface area contributed by atoms with Gasteiger partial charge in [0.15, 0.2) is 5.82 Å². The monoisotopic (exact) mass is 371 g/mol. The third kappa shape index (κ3) is 5.53. The Morgan fingerprint density at radius 1 is 1.19 bits per heavy atom. The Hall–Kier alpha value is -2.41. The van der Waals surface area contributed by atoms with Gasteiger partial charge in [0.2, 0.25) is 11.8 Å². The number of benzene rings is 1. The number of amides is 1. The molecule has 27 heavy (non-hydrogen) atoms. The van der Waals surface area contributed by atoms with Crippen LogP contribution in [0, 0.1) is 0 Å². The molecule has 0 unspecified atom stereocenters. The summed E-state index contributed by atoms with van der Waals surface area (Å²) >= 11 is 0. The van der Waals surface area contributed by atoms with Crippen LogP contribution in [0.4, 0.5) is 11.4 Å². The van der Waals surface area contributed by atoms with Crippen molar-refractivity contribution in [2.45, 2.75) is 39.0 Å². The number of aryl methyl sites for hydroxylation is 1. The normalized spacial score (nSPS) is 15.3.